The summed E-state index contributed by atoms with van der Waals surface area (Å²) in [5, 5.41) is 0.0977. The predicted octanol–water partition coefficient (Wildman–Crippen LogP) is 4.43. The molecule has 124 valence electrons. The Morgan fingerprint density at radius 1 is 1.08 bits per heavy atom. The van der Waals surface area contributed by atoms with E-state index in [1.54, 1.807) is 12.1 Å². The van der Waals surface area contributed by atoms with Crippen molar-refractivity contribution in [3.8, 4) is 11.5 Å². The molecule has 0 spiro atoms. The Balaban J connectivity index is 2.12. The fraction of sp³-hybridized carbons (Fsp3) is 0.118. The van der Waals surface area contributed by atoms with Gasteiger partial charge in [-0.2, -0.15) is 4.98 Å². The van der Waals surface area contributed by atoms with Gasteiger partial charge < -0.3 is 4.42 Å². The topological polar surface area (TPSA) is 60.2 Å². The molecule has 0 atom stereocenters. The Hall–Kier alpha value is -2.12. The molecule has 0 bridgehead atoms. The third-order valence-corrected chi connectivity index (χ3v) is 5.88. The zero-order chi connectivity index (χ0) is 17.2. The zero-order valence-corrected chi connectivity index (χ0v) is 14.4. The van der Waals surface area contributed by atoms with E-state index in [0.717, 1.165) is 12.1 Å². The van der Waals surface area contributed by atoms with Gasteiger partial charge in [0.1, 0.15) is 5.82 Å². The Kier molecular flexibility index (Phi) is 4.73. The summed E-state index contributed by atoms with van der Waals surface area (Å²) in [5.41, 5.74) is 0.691. The smallest absolute Gasteiger partial charge is 0.228 e. The monoisotopic (exact) mass is 363 g/mol. The molecule has 24 heavy (non-hydrogen) atoms. The van der Waals surface area contributed by atoms with E-state index < -0.39 is 15.7 Å². The summed E-state index contributed by atoms with van der Waals surface area (Å²) < 4.78 is 44.4. The highest BCUT2D eigenvalue weighted by Crippen LogP contribution is 2.34. The van der Waals surface area contributed by atoms with E-state index >= 15 is 0 Å². The lowest BCUT2D eigenvalue weighted by Crippen LogP contribution is -2.04. The van der Waals surface area contributed by atoms with Crippen LogP contribution in [-0.4, -0.2) is 19.2 Å². The van der Waals surface area contributed by atoms with Gasteiger partial charge in [-0.15, -0.1) is 0 Å². The van der Waals surface area contributed by atoms with Crippen LogP contribution < -0.4 is 0 Å². The maximum atomic E-state index is 13.1. The minimum absolute atomic E-state index is 0.0187. The van der Waals surface area contributed by atoms with Gasteiger partial charge in [-0.1, -0.05) is 36.9 Å². The Morgan fingerprint density at radius 3 is 2.38 bits per heavy atom. The Bertz CT molecular complexity index is 936. The number of sulfone groups is 1. The van der Waals surface area contributed by atoms with Gasteiger partial charge in [0, 0.05) is 5.56 Å². The standard InChI is InChI=1S/C17H14FNO3S2/c1-2-23-17-16(19-15(22-17)12-6-4-3-5-7-12)24(20,21)14-10-8-13(18)9-11-14/h3-11H,2H2,1H3. The van der Waals surface area contributed by atoms with Crippen molar-refractivity contribution >= 4 is 21.6 Å². The summed E-state index contributed by atoms with van der Waals surface area (Å²) in [6.45, 7) is 1.89. The zero-order valence-electron chi connectivity index (χ0n) is 12.8. The van der Waals surface area contributed by atoms with Crippen LogP contribution in [0.4, 0.5) is 4.39 Å². The van der Waals surface area contributed by atoms with Crippen LogP contribution in [0.5, 0.6) is 0 Å². The molecular weight excluding hydrogens is 349 g/mol. The quantitative estimate of drug-likeness (QED) is 0.496. The van der Waals surface area contributed by atoms with Crippen molar-refractivity contribution in [2.75, 3.05) is 5.75 Å². The minimum atomic E-state index is -3.89. The molecule has 0 saturated heterocycles. The van der Waals surface area contributed by atoms with E-state index in [2.05, 4.69) is 4.98 Å². The van der Waals surface area contributed by atoms with Crippen LogP contribution in [-0.2, 0) is 9.84 Å². The average molecular weight is 363 g/mol. The van der Waals surface area contributed by atoms with Gasteiger partial charge in [0.25, 0.3) is 0 Å². The molecule has 7 heteroatoms. The number of aromatic nitrogens is 1. The highest BCUT2D eigenvalue weighted by atomic mass is 32.2. The van der Waals surface area contributed by atoms with E-state index in [1.165, 1.54) is 23.9 Å². The van der Waals surface area contributed by atoms with Crippen molar-refractivity contribution in [2.24, 2.45) is 0 Å². The first-order chi connectivity index (χ1) is 11.5. The third kappa shape index (κ3) is 3.22. The highest BCUT2D eigenvalue weighted by molar-refractivity contribution is 8.00. The van der Waals surface area contributed by atoms with E-state index in [0.29, 0.717) is 11.3 Å². The SMILES string of the molecule is CCSc1oc(-c2ccccc2)nc1S(=O)(=O)c1ccc(F)cc1. The molecule has 0 unspecified atom stereocenters. The first-order valence-corrected chi connectivity index (χ1v) is 9.69. The van der Waals surface area contributed by atoms with Gasteiger partial charge in [-0.05, 0) is 42.2 Å². The lowest BCUT2D eigenvalue weighted by Gasteiger charge is -2.02. The second-order valence-electron chi connectivity index (χ2n) is 4.87. The van der Waals surface area contributed by atoms with Gasteiger partial charge in [0.15, 0.2) is 0 Å². The molecule has 3 aromatic rings. The normalized spacial score (nSPS) is 11.6. The van der Waals surface area contributed by atoms with Crippen LogP contribution in [0.2, 0.25) is 0 Å². The average Bonchev–Trinajstić information content (AvgIpc) is 3.01. The fourth-order valence-electron chi connectivity index (χ4n) is 2.11. The number of benzene rings is 2. The van der Waals surface area contributed by atoms with Gasteiger partial charge >= 0.3 is 0 Å². The van der Waals surface area contributed by atoms with Crippen molar-refractivity contribution in [2.45, 2.75) is 21.9 Å². The Morgan fingerprint density at radius 2 is 1.75 bits per heavy atom. The first kappa shape index (κ1) is 16.7. The minimum Gasteiger partial charge on any atom is -0.428 e. The second kappa shape index (κ2) is 6.78. The molecule has 3 rings (SSSR count). The second-order valence-corrected chi connectivity index (χ2v) is 7.97. The van der Waals surface area contributed by atoms with Crippen LogP contribution in [0.15, 0.2) is 74.0 Å². The van der Waals surface area contributed by atoms with Crippen molar-refractivity contribution < 1.29 is 17.2 Å². The maximum absolute atomic E-state index is 13.1. The van der Waals surface area contributed by atoms with Gasteiger partial charge in [0.2, 0.25) is 25.8 Å². The highest BCUT2D eigenvalue weighted by Gasteiger charge is 2.28. The molecule has 2 aromatic carbocycles. The van der Waals surface area contributed by atoms with Crippen LogP contribution in [0, 0.1) is 5.82 Å². The van der Waals surface area contributed by atoms with Crippen LogP contribution in [0.3, 0.4) is 0 Å². The number of thioether (sulfide) groups is 1. The number of oxazole rings is 1. The number of nitrogens with zero attached hydrogens (tertiary/aromatic N) is 1. The maximum Gasteiger partial charge on any atom is 0.228 e. The Labute approximate surface area is 143 Å². The molecule has 0 fully saturated rings. The van der Waals surface area contributed by atoms with Crippen LogP contribution >= 0.6 is 11.8 Å². The molecule has 0 aliphatic carbocycles. The lowest BCUT2D eigenvalue weighted by atomic mass is 10.2. The predicted molar refractivity (Wildman–Crippen MR) is 90.2 cm³/mol. The first-order valence-electron chi connectivity index (χ1n) is 7.22. The van der Waals surface area contributed by atoms with Crippen LogP contribution in [0.1, 0.15) is 6.92 Å². The number of rotatable bonds is 5. The van der Waals surface area contributed by atoms with E-state index in [9.17, 15) is 12.8 Å². The number of hydrogen-bond acceptors (Lipinski definition) is 5. The molecule has 1 heterocycles. The molecule has 0 N–H and O–H groups in total. The van der Waals surface area contributed by atoms with Crippen molar-refractivity contribution in [3.05, 3.63) is 60.4 Å². The molecule has 0 amide bonds. The molecular formula is C17H14FNO3S2. The summed E-state index contributed by atoms with van der Waals surface area (Å²) in [5.74, 6) is 0.379. The molecule has 0 saturated carbocycles. The molecule has 4 nitrogen and oxygen atoms in total. The lowest BCUT2D eigenvalue weighted by molar-refractivity contribution is 0.470. The summed E-state index contributed by atoms with van der Waals surface area (Å²) >= 11 is 1.26. The van der Waals surface area contributed by atoms with Crippen molar-refractivity contribution in [3.63, 3.8) is 0 Å². The summed E-state index contributed by atoms with van der Waals surface area (Å²) in [6.07, 6.45) is 0. The molecule has 0 aliphatic rings. The van der Waals surface area contributed by atoms with E-state index in [1.807, 2.05) is 25.1 Å². The number of hydrogen-bond donors (Lipinski definition) is 0. The van der Waals surface area contributed by atoms with Gasteiger partial charge in [-0.25, -0.2) is 12.8 Å². The van der Waals surface area contributed by atoms with Crippen LogP contribution in [0.25, 0.3) is 11.5 Å². The number of halogens is 1. The fourth-order valence-corrected chi connectivity index (χ4v) is 4.37. The summed E-state index contributed by atoms with van der Waals surface area (Å²) in [4.78, 5) is 4.18. The largest absolute Gasteiger partial charge is 0.428 e. The van der Waals surface area contributed by atoms with Crippen molar-refractivity contribution in [1.29, 1.82) is 0 Å². The van der Waals surface area contributed by atoms with Gasteiger partial charge in [0.05, 0.1) is 4.90 Å². The molecule has 0 radical (unpaired) electrons. The van der Waals surface area contributed by atoms with Crippen molar-refractivity contribution in [1.82, 2.24) is 4.98 Å². The third-order valence-electron chi connectivity index (χ3n) is 3.24. The van der Waals surface area contributed by atoms with E-state index in [4.69, 9.17) is 4.42 Å². The molecule has 0 aliphatic heterocycles. The van der Waals surface area contributed by atoms with E-state index in [-0.39, 0.29) is 20.9 Å². The molecule has 1 aromatic heterocycles. The van der Waals surface area contributed by atoms with Gasteiger partial charge in [-0.3, -0.25) is 0 Å². The summed E-state index contributed by atoms with van der Waals surface area (Å²) in [6, 6.07) is 13.7. The summed E-state index contributed by atoms with van der Waals surface area (Å²) in [7, 11) is -3.89.